The molecule has 4 rings (SSSR count). The van der Waals surface area contributed by atoms with Gasteiger partial charge in [0.2, 0.25) is 0 Å². The van der Waals surface area contributed by atoms with Crippen LogP contribution in [0.15, 0.2) is 42.5 Å². The van der Waals surface area contributed by atoms with Gasteiger partial charge in [0, 0.05) is 30.5 Å². The Balaban J connectivity index is 1.69. The summed E-state index contributed by atoms with van der Waals surface area (Å²) >= 11 is 0. The minimum absolute atomic E-state index is 0.662. The largest absolute Gasteiger partial charge is 0.355 e. The van der Waals surface area contributed by atoms with Gasteiger partial charge in [0.15, 0.2) is 0 Å². The predicted molar refractivity (Wildman–Crippen MR) is 95.9 cm³/mol. The van der Waals surface area contributed by atoms with Crippen molar-refractivity contribution in [1.82, 2.24) is 15.3 Å². The quantitative estimate of drug-likeness (QED) is 0.762. The van der Waals surface area contributed by atoms with E-state index in [2.05, 4.69) is 39.5 Å². The van der Waals surface area contributed by atoms with Crippen LogP contribution in [0.1, 0.15) is 12.0 Å². The number of aromatic amines is 1. The molecule has 0 bridgehead atoms. The molecule has 0 unspecified atom stereocenters. The van der Waals surface area contributed by atoms with Gasteiger partial charge in [-0.2, -0.15) is 5.26 Å². The second kappa shape index (κ2) is 6.34. The van der Waals surface area contributed by atoms with Gasteiger partial charge in [-0.15, -0.1) is 0 Å². The lowest BCUT2D eigenvalue weighted by atomic mass is 10.2. The van der Waals surface area contributed by atoms with Crippen LogP contribution in [0, 0.1) is 11.3 Å². The van der Waals surface area contributed by atoms with Gasteiger partial charge in [-0.25, -0.2) is 4.98 Å². The third-order valence-corrected chi connectivity index (χ3v) is 4.43. The highest BCUT2D eigenvalue weighted by molar-refractivity contribution is 5.86. The van der Waals surface area contributed by atoms with Crippen LogP contribution < -0.4 is 10.2 Å². The molecule has 2 N–H and O–H groups in total. The molecule has 0 saturated carbocycles. The number of fused-ring (bicyclic) bond motifs is 1. The van der Waals surface area contributed by atoms with E-state index in [0.29, 0.717) is 5.56 Å². The first kappa shape index (κ1) is 14.7. The molecule has 24 heavy (non-hydrogen) atoms. The van der Waals surface area contributed by atoms with Crippen LogP contribution in [0.3, 0.4) is 0 Å². The van der Waals surface area contributed by atoms with Crippen LogP contribution in [0.4, 0.5) is 5.82 Å². The molecule has 0 radical (unpaired) electrons. The van der Waals surface area contributed by atoms with Crippen molar-refractivity contribution in [2.24, 2.45) is 0 Å². The van der Waals surface area contributed by atoms with E-state index >= 15 is 0 Å². The first-order valence-electron chi connectivity index (χ1n) is 8.29. The molecule has 120 valence electrons. The summed E-state index contributed by atoms with van der Waals surface area (Å²) in [5.41, 5.74) is 3.54. The van der Waals surface area contributed by atoms with Crippen molar-refractivity contribution in [2.75, 3.05) is 31.1 Å². The summed E-state index contributed by atoms with van der Waals surface area (Å²) in [7, 11) is 0. The minimum atomic E-state index is 0.662. The molecule has 1 aromatic carbocycles. The molecular weight excluding hydrogens is 298 g/mol. The molecule has 0 aliphatic carbocycles. The van der Waals surface area contributed by atoms with E-state index in [1.165, 1.54) is 0 Å². The Morgan fingerprint density at radius 1 is 1.08 bits per heavy atom. The zero-order chi connectivity index (χ0) is 16.4. The summed E-state index contributed by atoms with van der Waals surface area (Å²) in [6, 6.07) is 16.1. The fourth-order valence-corrected chi connectivity index (χ4v) is 3.16. The lowest BCUT2D eigenvalue weighted by Gasteiger charge is -2.21. The van der Waals surface area contributed by atoms with E-state index in [1.54, 1.807) is 0 Å². The molecule has 2 aromatic heterocycles. The summed E-state index contributed by atoms with van der Waals surface area (Å²) in [5, 5.41) is 13.6. The smallest absolute Gasteiger partial charge is 0.129 e. The van der Waals surface area contributed by atoms with E-state index < -0.39 is 0 Å². The van der Waals surface area contributed by atoms with Crippen molar-refractivity contribution < 1.29 is 0 Å². The number of nitrogens with zero attached hydrogens (tertiary/aromatic N) is 3. The number of pyridine rings is 1. The molecule has 3 aromatic rings. The summed E-state index contributed by atoms with van der Waals surface area (Å²) in [4.78, 5) is 10.6. The molecule has 0 spiro atoms. The van der Waals surface area contributed by atoms with Crippen molar-refractivity contribution in [3.8, 4) is 17.5 Å². The Kier molecular flexibility index (Phi) is 3.89. The van der Waals surface area contributed by atoms with Gasteiger partial charge in [-0.3, -0.25) is 0 Å². The number of hydrogen-bond acceptors (Lipinski definition) is 4. The zero-order valence-corrected chi connectivity index (χ0v) is 13.4. The van der Waals surface area contributed by atoms with Gasteiger partial charge in [0.25, 0.3) is 0 Å². The number of anilines is 1. The standard InChI is InChI=1S/C19H19N5/c20-13-14-5-6-15-12-18(22-17(15)11-14)16-3-1-4-19(23-16)24-9-2-7-21-8-10-24/h1,3-6,11-12,21-22H,2,7-10H2. The fraction of sp³-hybridized carbons (Fsp3) is 0.263. The molecule has 1 fully saturated rings. The number of hydrogen-bond donors (Lipinski definition) is 2. The van der Waals surface area contributed by atoms with Crippen molar-refractivity contribution >= 4 is 16.7 Å². The van der Waals surface area contributed by atoms with Crippen LogP contribution >= 0.6 is 0 Å². The number of nitrogens with one attached hydrogen (secondary N) is 2. The van der Waals surface area contributed by atoms with Crippen LogP contribution in [-0.4, -0.2) is 36.1 Å². The van der Waals surface area contributed by atoms with Crippen molar-refractivity contribution in [3.05, 3.63) is 48.0 Å². The number of benzene rings is 1. The predicted octanol–water partition coefficient (Wildman–Crippen LogP) is 2.90. The van der Waals surface area contributed by atoms with Gasteiger partial charge < -0.3 is 15.2 Å². The number of aromatic nitrogens is 2. The van der Waals surface area contributed by atoms with E-state index in [9.17, 15) is 0 Å². The highest BCUT2D eigenvalue weighted by Crippen LogP contribution is 2.25. The van der Waals surface area contributed by atoms with Crippen LogP contribution in [-0.2, 0) is 0 Å². The second-order valence-corrected chi connectivity index (χ2v) is 6.07. The molecule has 1 saturated heterocycles. The van der Waals surface area contributed by atoms with Gasteiger partial charge in [0.1, 0.15) is 5.82 Å². The maximum absolute atomic E-state index is 9.04. The minimum Gasteiger partial charge on any atom is -0.355 e. The SMILES string of the molecule is N#Cc1ccc2cc(-c3cccc(N4CCCNCC4)n3)[nH]c2c1. The lowest BCUT2D eigenvalue weighted by Crippen LogP contribution is -2.28. The summed E-state index contributed by atoms with van der Waals surface area (Å²) in [6.45, 7) is 4.07. The maximum atomic E-state index is 9.04. The summed E-state index contributed by atoms with van der Waals surface area (Å²) in [5.74, 6) is 1.02. The van der Waals surface area contributed by atoms with E-state index in [0.717, 1.165) is 60.7 Å². The monoisotopic (exact) mass is 317 g/mol. The number of nitriles is 1. The normalized spacial score (nSPS) is 15.2. The van der Waals surface area contributed by atoms with E-state index in [-0.39, 0.29) is 0 Å². The summed E-state index contributed by atoms with van der Waals surface area (Å²) < 4.78 is 0. The van der Waals surface area contributed by atoms with Crippen LogP contribution in [0.25, 0.3) is 22.3 Å². The number of H-pyrrole nitrogens is 1. The lowest BCUT2D eigenvalue weighted by molar-refractivity contribution is 0.724. The molecule has 0 atom stereocenters. The van der Waals surface area contributed by atoms with Gasteiger partial charge in [-0.1, -0.05) is 12.1 Å². The molecular formula is C19H19N5. The molecule has 5 heteroatoms. The van der Waals surface area contributed by atoms with Crippen molar-refractivity contribution in [3.63, 3.8) is 0 Å². The highest BCUT2D eigenvalue weighted by Gasteiger charge is 2.12. The third kappa shape index (κ3) is 2.84. The van der Waals surface area contributed by atoms with Crippen molar-refractivity contribution in [2.45, 2.75) is 6.42 Å². The highest BCUT2D eigenvalue weighted by atomic mass is 15.2. The van der Waals surface area contributed by atoms with Gasteiger partial charge >= 0.3 is 0 Å². The van der Waals surface area contributed by atoms with Crippen molar-refractivity contribution in [1.29, 1.82) is 5.26 Å². The Morgan fingerprint density at radius 2 is 2.04 bits per heavy atom. The number of rotatable bonds is 2. The Morgan fingerprint density at radius 3 is 2.96 bits per heavy atom. The van der Waals surface area contributed by atoms with Gasteiger partial charge in [-0.05, 0) is 43.3 Å². The first-order valence-corrected chi connectivity index (χ1v) is 8.29. The fourth-order valence-electron chi connectivity index (χ4n) is 3.16. The Bertz CT molecular complexity index is 898. The molecule has 5 nitrogen and oxygen atoms in total. The van der Waals surface area contributed by atoms with E-state index in [4.69, 9.17) is 10.2 Å². The molecule has 0 amide bonds. The zero-order valence-electron chi connectivity index (χ0n) is 13.4. The van der Waals surface area contributed by atoms with Crippen LogP contribution in [0.5, 0.6) is 0 Å². The average Bonchev–Trinajstić information content (AvgIpc) is 2.86. The maximum Gasteiger partial charge on any atom is 0.129 e. The second-order valence-electron chi connectivity index (χ2n) is 6.07. The Labute approximate surface area is 140 Å². The molecule has 1 aliphatic rings. The average molecular weight is 317 g/mol. The topological polar surface area (TPSA) is 67.7 Å². The first-order chi connectivity index (χ1) is 11.8. The summed E-state index contributed by atoms with van der Waals surface area (Å²) in [6.07, 6.45) is 1.13. The Hall–Kier alpha value is -2.84. The molecule has 3 heterocycles. The van der Waals surface area contributed by atoms with Gasteiger partial charge in [0.05, 0.1) is 23.0 Å². The van der Waals surface area contributed by atoms with E-state index in [1.807, 2.05) is 24.3 Å². The third-order valence-electron chi connectivity index (χ3n) is 4.43. The van der Waals surface area contributed by atoms with Crippen LogP contribution in [0.2, 0.25) is 0 Å². The molecule has 1 aliphatic heterocycles.